The van der Waals surface area contributed by atoms with Crippen molar-refractivity contribution in [2.45, 2.75) is 70.6 Å². The van der Waals surface area contributed by atoms with E-state index in [0.29, 0.717) is 18.4 Å². The molecule has 0 saturated heterocycles. The molecule has 0 bridgehead atoms. The molecule has 1 aliphatic rings. The number of carboxylic acids is 1. The van der Waals surface area contributed by atoms with Crippen molar-refractivity contribution in [1.29, 1.82) is 0 Å². The molecular formula is C20H28N2O7. The van der Waals surface area contributed by atoms with Crippen LogP contribution in [0, 0.1) is 6.92 Å². The van der Waals surface area contributed by atoms with Gasteiger partial charge in [-0.05, 0) is 25.8 Å². The summed E-state index contributed by atoms with van der Waals surface area (Å²) in [5, 5.41) is 8.56. The Morgan fingerprint density at radius 2 is 1.76 bits per heavy atom. The summed E-state index contributed by atoms with van der Waals surface area (Å²) in [6.07, 6.45) is 9.43. The molecule has 160 valence electrons. The topological polar surface area (TPSA) is 128 Å². The standard InChI is InChI=1S/C20H28N2O7/c1-14-12-22(20(27)21-19(14)26)16-11-10-15(29-16)13-28-18(25)9-7-5-3-2-4-6-8-17(23)24/h10-12,15-16H,2-9,13H2,1H3,(H,23,24)(H,21,26,27)/t15-,16+/m0/s1. The Hall–Kier alpha value is -2.68. The molecule has 9 heteroatoms. The maximum Gasteiger partial charge on any atom is 0.330 e. The van der Waals surface area contributed by atoms with Gasteiger partial charge in [0.05, 0.1) is 0 Å². The zero-order valence-electron chi connectivity index (χ0n) is 16.6. The highest BCUT2D eigenvalue weighted by molar-refractivity contribution is 5.69. The van der Waals surface area contributed by atoms with Crippen LogP contribution in [0.5, 0.6) is 0 Å². The number of ether oxygens (including phenoxy) is 2. The summed E-state index contributed by atoms with van der Waals surface area (Å²) in [4.78, 5) is 47.8. The van der Waals surface area contributed by atoms with Gasteiger partial charge in [-0.2, -0.15) is 0 Å². The van der Waals surface area contributed by atoms with E-state index in [1.807, 2.05) is 0 Å². The Labute approximate surface area is 168 Å². The Balaban J connectivity index is 1.60. The maximum atomic E-state index is 11.9. The van der Waals surface area contributed by atoms with Crippen molar-refractivity contribution in [1.82, 2.24) is 9.55 Å². The highest BCUT2D eigenvalue weighted by Crippen LogP contribution is 2.20. The molecule has 0 unspecified atom stereocenters. The highest BCUT2D eigenvalue weighted by Gasteiger charge is 2.23. The fraction of sp³-hybridized carbons (Fsp3) is 0.600. The minimum atomic E-state index is -0.763. The number of nitrogens with one attached hydrogen (secondary N) is 1. The molecule has 2 heterocycles. The summed E-state index contributed by atoms with van der Waals surface area (Å²) >= 11 is 0. The molecule has 0 amide bonds. The number of esters is 1. The lowest BCUT2D eigenvalue weighted by atomic mass is 10.1. The van der Waals surface area contributed by atoms with Crippen LogP contribution >= 0.6 is 0 Å². The van der Waals surface area contributed by atoms with Crippen molar-refractivity contribution in [3.8, 4) is 0 Å². The average Bonchev–Trinajstić information content (AvgIpc) is 3.13. The molecule has 9 nitrogen and oxygen atoms in total. The quantitative estimate of drug-likeness (QED) is 0.308. The molecule has 0 aliphatic carbocycles. The van der Waals surface area contributed by atoms with Crippen LogP contribution in [0.1, 0.15) is 63.2 Å². The second-order valence-corrected chi connectivity index (χ2v) is 7.13. The number of hydrogen-bond donors (Lipinski definition) is 2. The molecule has 0 spiro atoms. The van der Waals surface area contributed by atoms with Crippen LogP contribution in [-0.2, 0) is 19.1 Å². The molecule has 0 fully saturated rings. The number of aromatic amines is 1. The number of carboxylic acid groups (broad SMARTS) is 1. The average molecular weight is 408 g/mol. The lowest BCUT2D eigenvalue weighted by molar-refractivity contribution is -0.147. The number of unbranched alkanes of at least 4 members (excludes halogenated alkanes) is 5. The molecule has 29 heavy (non-hydrogen) atoms. The summed E-state index contributed by atoms with van der Waals surface area (Å²) in [5.41, 5.74) is -0.590. The third-order valence-corrected chi connectivity index (χ3v) is 4.65. The van der Waals surface area contributed by atoms with Gasteiger partial charge in [-0.1, -0.05) is 31.8 Å². The van der Waals surface area contributed by atoms with E-state index >= 15 is 0 Å². The van der Waals surface area contributed by atoms with E-state index in [4.69, 9.17) is 14.6 Å². The van der Waals surface area contributed by atoms with Crippen molar-refractivity contribution >= 4 is 11.9 Å². The number of carbonyl (C=O) groups excluding carboxylic acids is 1. The van der Waals surface area contributed by atoms with Gasteiger partial charge in [0, 0.05) is 24.6 Å². The van der Waals surface area contributed by atoms with E-state index in [9.17, 15) is 19.2 Å². The molecule has 0 saturated carbocycles. The number of carbonyl (C=O) groups is 2. The first-order chi connectivity index (χ1) is 13.9. The van der Waals surface area contributed by atoms with E-state index in [1.54, 1.807) is 19.1 Å². The van der Waals surface area contributed by atoms with Gasteiger partial charge in [-0.15, -0.1) is 0 Å². The van der Waals surface area contributed by atoms with Crippen molar-refractivity contribution in [2.24, 2.45) is 0 Å². The summed E-state index contributed by atoms with van der Waals surface area (Å²) in [5.74, 6) is -1.06. The van der Waals surface area contributed by atoms with Crippen molar-refractivity contribution in [3.63, 3.8) is 0 Å². The first kappa shape index (κ1) is 22.6. The number of H-pyrrole nitrogens is 1. The van der Waals surface area contributed by atoms with Gasteiger partial charge in [0.25, 0.3) is 5.56 Å². The summed E-state index contributed by atoms with van der Waals surface area (Å²) < 4.78 is 12.2. The fourth-order valence-electron chi connectivity index (χ4n) is 3.02. The zero-order chi connectivity index (χ0) is 21.2. The molecule has 2 rings (SSSR count). The number of aryl methyl sites for hydroxylation is 1. The second-order valence-electron chi connectivity index (χ2n) is 7.13. The van der Waals surface area contributed by atoms with Crippen LogP contribution < -0.4 is 11.2 Å². The van der Waals surface area contributed by atoms with Crippen LogP contribution in [0.25, 0.3) is 0 Å². The Kier molecular flexibility index (Phi) is 8.85. The molecule has 1 aromatic rings. The normalized spacial score (nSPS) is 18.1. The maximum absolute atomic E-state index is 11.9. The zero-order valence-corrected chi connectivity index (χ0v) is 16.6. The first-order valence-electron chi connectivity index (χ1n) is 9.90. The molecule has 1 aliphatic heterocycles. The van der Waals surface area contributed by atoms with Gasteiger partial charge in [-0.3, -0.25) is 23.9 Å². The Morgan fingerprint density at radius 1 is 1.10 bits per heavy atom. The van der Waals surface area contributed by atoms with E-state index in [2.05, 4.69) is 4.98 Å². The van der Waals surface area contributed by atoms with E-state index < -0.39 is 29.6 Å². The number of rotatable bonds is 12. The SMILES string of the molecule is Cc1cn([C@H]2C=C[C@@H](COC(=O)CCCCCCCCC(=O)O)O2)c(=O)[nH]c1=O. The minimum absolute atomic E-state index is 0.0676. The van der Waals surface area contributed by atoms with Gasteiger partial charge < -0.3 is 14.6 Å². The summed E-state index contributed by atoms with van der Waals surface area (Å²) in [7, 11) is 0. The second kappa shape index (κ2) is 11.4. The van der Waals surface area contributed by atoms with Crippen LogP contribution in [0.15, 0.2) is 27.9 Å². The van der Waals surface area contributed by atoms with E-state index in [-0.39, 0.29) is 19.0 Å². The van der Waals surface area contributed by atoms with E-state index in [1.165, 1.54) is 10.8 Å². The van der Waals surface area contributed by atoms with Crippen molar-refractivity contribution in [2.75, 3.05) is 6.61 Å². The number of nitrogens with zero attached hydrogens (tertiary/aromatic N) is 1. The molecule has 0 aromatic carbocycles. The van der Waals surface area contributed by atoms with Crippen LogP contribution in [0.4, 0.5) is 0 Å². The van der Waals surface area contributed by atoms with E-state index in [0.717, 1.165) is 32.1 Å². The summed E-state index contributed by atoms with van der Waals surface area (Å²) in [6, 6.07) is 0. The minimum Gasteiger partial charge on any atom is -0.481 e. The predicted octanol–water partition coefficient (Wildman–Crippen LogP) is 2.05. The van der Waals surface area contributed by atoms with Gasteiger partial charge in [-0.25, -0.2) is 4.79 Å². The van der Waals surface area contributed by atoms with Crippen LogP contribution in [0.3, 0.4) is 0 Å². The molecule has 0 radical (unpaired) electrons. The molecule has 2 atom stereocenters. The fourth-order valence-corrected chi connectivity index (χ4v) is 3.02. The number of hydrogen-bond acceptors (Lipinski definition) is 6. The lowest BCUT2D eigenvalue weighted by Crippen LogP contribution is -2.33. The van der Waals surface area contributed by atoms with Crippen molar-refractivity contribution < 1.29 is 24.2 Å². The van der Waals surface area contributed by atoms with Gasteiger partial charge in [0.15, 0.2) is 6.23 Å². The summed E-state index contributed by atoms with van der Waals surface area (Å²) in [6.45, 7) is 1.67. The Bertz CT molecular complexity index is 840. The number of aromatic nitrogens is 2. The highest BCUT2D eigenvalue weighted by atomic mass is 16.6. The first-order valence-corrected chi connectivity index (χ1v) is 9.90. The molecule has 1 aromatic heterocycles. The van der Waals surface area contributed by atoms with Gasteiger partial charge in [0.2, 0.25) is 0 Å². The molecule has 2 N–H and O–H groups in total. The third kappa shape index (κ3) is 7.69. The lowest BCUT2D eigenvalue weighted by Gasteiger charge is -2.16. The van der Waals surface area contributed by atoms with Crippen LogP contribution in [0.2, 0.25) is 0 Å². The largest absolute Gasteiger partial charge is 0.481 e. The smallest absolute Gasteiger partial charge is 0.330 e. The van der Waals surface area contributed by atoms with Gasteiger partial charge >= 0.3 is 17.6 Å². The van der Waals surface area contributed by atoms with Gasteiger partial charge in [0.1, 0.15) is 12.7 Å². The number of aliphatic carboxylic acids is 1. The predicted molar refractivity (Wildman–Crippen MR) is 105 cm³/mol. The van der Waals surface area contributed by atoms with Crippen molar-refractivity contribution in [3.05, 3.63) is 44.8 Å². The van der Waals surface area contributed by atoms with Crippen LogP contribution in [-0.4, -0.2) is 39.3 Å². The Morgan fingerprint density at radius 3 is 2.45 bits per heavy atom. The third-order valence-electron chi connectivity index (χ3n) is 4.65. The monoisotopic (exact) mass is 408 g/mol. The molecular weight excluding hydrogens is 380 g/mol.